The summed E-state index contributed by atoms with van der Waals surface area (Å²) in [5, 5.41) is 1.03. The van der Waals surface area contributed by atoms with E-state index < -0.39 is 5.91 Å². The van der Waals surface area contributed by atoms with Crippen molar-refractivity contribution in [1.82, 2.24) is 4.98 Å². The van der Waals surface area contributed by atoms with Crippen LogP contribution in [0.1, 0.15) is 36.2 Å². The van der Waals surface area contributed by atoms with E-state index in [1.165, 1.54) is 11.6 Å². The Hall–Kier alpha value is -2.98. The Morgan fingerprint density at radius 1 is 1.14 bits per heavy atom. The largest absolute Gasteiger partial charge is 0.366 e. The fourth-order valence-corrected chi connectivity index (χ4v) is 3.53. The Bertz CT molecular complexity index is 1030. The summed E-state index contributed by atoms with van der Waals surface area (Å²) in [6.07, 6.45) is 3.95. The molecule has 0 aliphatic carbocycles. The number of amides is 1. The van der Waals surface area contributed by atoms with Crippen molar-refractivity contribution >= 4 is 22.9 Å². The van der Waals surface area contributed by atoms with E-state index in [0.717, 1.165) is 45.3 Å². The van der Waals surface area contributed by atoms with E-state index in [1.54, 1.807) is 6.08 Å². The van der Waals surface area contributed by atoms with Gasteiger partial charge in [-0.3, -0.25) is 9.78 Å². The van der Waals surface area contributed by atoms with Gasteiger partial charge in [-0.2, -0.15) is 0 Å². The van der Waals surface area contributed by atoms with Crippen LogP contribution in [0, 0.1) is 12.8 Å². The zero-order valence-corrected chi connectivity index (χ0v) is 16.7. The number of hydrogen-bond acceptors (Lipinski definition) is 3. The van der Waals surface area contributed by atoms with Gasteiger partial charge >= 0.3 is 0 Å². The van der Waals surface area contributed by atoms with Gasteiger partial charge in [0.05, 0.1) is 5.52 Å². The number of nitrogens with two attached hydrogens (primary N) is 2. The molecule has 3 rings (SSSR count). The summed E-state index contributed by atoms with van der Waals surface area (Å²) in [4.78, 5) is 16.2. The van der Waals surface area contributed by atoms with E-state index in [4.69, 9.17) is 16.5 Å². The molecule has 0 saturated heterocycles. The number of benzene rings is 2. The predicted molar refractivity (Wildman–Crippen MR) is 117 cm³/mol. The molecule has 4 nitrogen and oxygen atoms in total. The highest BCUT2D eigenvalue weighted by Crippen LogP contribution is 2.35. The zero-order chi connectivity index (χ0) is 20.3. The topological polar surface area (TPSA) is 82.0 Å². The lowest BCUT2D eigenvalue weighted by molar-refractivity contribution is -0.113. The molecule has 1 amide bonds. The standard InChI is InChI=1S/C24H27N3O/c1-15(2)13-21-20(14-25)23(17-9-7-16(3)8-10-17)19-6-4-5-18(24(19)27-21)11-12-22(26)28/h4-12,15H,13-14,25H2,1-3H3,(H2,26,28)/b12-11+. The Kier molecular flexibility index (Phi) is 5.90. The van der Waals surface area contributed by atoms with Crippen molar-refractivity contribution in [2.75, 3.05) is 0 Å². The van der Waals surface area contributed by atoms with Gasteiger partial charge in [-0.05, 0) is 42.0 Å². The summed E-state index contributed by atoms with van der Waals surface area (Å²) in [7, 11) is 0. The lowest BCUT2D eigenvalue weighted by atomic mass is 9.90. The predicted octanol–water partition coefficient (Wildman–Crippen LogP) is 4.37. The fraction of sp³-hybridized carbons (Fsp3) is 0.250. The fourth-order valence-electron chi connectivity index (χ4n) is 3.53. The van der Waals surface area contributed by atoms with E-state index in [9.17, 15) is 4.79 Å². The van der Waals surface area contributed by atoms with Crippen LogP contribution < -0.4 is 11.5 Å². The Labute approximate surface area is 166 Å². The highest BCUT2D eigenvalue weighted by atomic mass is 16.1. The first kappa shape index (κ1) is 19.8. The van der Waals surface area contributed by atoms with E-state index in [2.05, 4.69) is 51.1 Å². The molecule has 0 bridgehead atoms. The molecule has 0 aliphatic rings. The molecule has 0 unspecified atom stereocenters. The Balaban J connectivity index is 2.38. The number of fused-ring (bicyclic) bond motifs is 1. The van der Waals surface area contributed by atoms with Crippen molar-refractivity contribution in [3.05, 3.63) is 70.9 Å². The van der Waals surface area contributed by atoms with Gasteiger partial charge in [-0.25, -0.2) is 0 Å². The minimum absolute atomic E-state index is 0.426. The summed E-state index contributed by atoms with van der Waals surface area (Å²) in [5.41, 5.74) is 18.8. The molecule has 0 aliphatic heterocycles. The lowest BCUT2D eigenvalue weighted by Gasteiger charge is -2.19. The van der Waals surface area contributed by atoms with E-state index in [-0.39, 0.29) is 0 Å². The quantitative estimate of drug-likeness (QED) is 0.630. The van der Waals surface area contributed by atoms with E-state index in [1.807, 2.05) is 12.1 Å². The molecule has 0 radical (unpaired) electrons. The molecule has 2 aromatic carbocycles. The van der Waals surface area contributed by atoms with Crippen LogP contribution in [0.25, 0.3) is 28.1 Å². The normalized spacial score (nSPS) is 11.6. The highest BCUT2D eigenvalue weighted by molar-refractivity contribution is 6.01. The monoisotopic (exact) mass is 373 g/mol. The molecule has 1 heterocycles. The van der Waals surface area contributed by atoms with Gasteiger partial charge in [-0.15, -0.1) is 0 Å². The number of carbonyl (C=O) groups is 1. The second-order valence-electron chi connectivity index (χ2n) is 7.56. The molecule has 4 N–H and O–H groups in total. The third-order valence-corrected chi connectivity index (χ3v) is 4.81. The summed E-state index contributed by atoms with van der Waals surface area (Å²) < 4.78 is 0. The SMILES string of the molecule is Cc1ccc(-c2c(CN)c(CC(C)C)nc3c(/C=C/C(N)=O)cccc23)cc1. The van der Waals surface area contributed by atoms with Gasteiger partial charge in [0.15, 0.2) is 0 Å². The van der Waals surface area contributed by atoms with Gasteiger partial charge in [0, 0.05) is 29.3 Å². The molecule has 0 fully saturated rings. The second kappa shape index (κ2) is 8.36. The molecule has 0 saturated carbocycles. The van der Waals surface area contributed by atoms with Crippen LogP contribution in [0.3, 0.4) is 0 Å². The van der Waals surface area contributed by atoms with Crippen molar-refractivity contribution in [2.24, 2.45) is 17.4 Å². The number of hydrogen-bond donors (Lipinski definition) is 2. The lowest BCUT2D eigenvalue weighted by Crippen LogP contribution is -2.10. The van der Waals surface area contributed by atoms with Crippen LogP contribution in [0.2, 0.25) is 0 Å². The molecule has 0 spiro atoms. The maximum Gasteiger partial charge on any atom is 0.241 e. The smallest absolute Gasteiger partial charge is 0.241 e. The van der Waals surface area contributed by atoms with Crippen molar-refractivity contribution in [3.8, 4) is 11.1 Å². The minimum atomic E-state index is -0.475. The van der Waals surface area contributed by atoms with Crippen LogP contribution in [0.15, 0.2) is 48.5 Å². The number of carbonyl (C=O) groups excluding carboxylic acids is 1. The molecule has 1 aromatic heterocycles. The van der Waals surface area contributed by atoms with Gasteiger partial charge in [0.1, 0.15) is 0 Å². The number of aryl methyl sites for hydroxylation is 1. The van der Waals surface area contributed by atoms with E-state index >= 15 is 0 Å². The van der Waals surface area contributed by atoms with E-state index in [0.29, 0.717) is 12.5 Å². The third-order valence-electron chi connectivity index (χ3n) is 4.81. The Morgan fingerprint density at radius 2 is 1.86 bits per heavy atom. The number of rotatable bonds is 6. The van der Waals surface area contributed by atoms with Gasteiger partial charge in [0.25, 0.3) is 0 Å². The number of para-hydroxylation sites is 1. The number of nitrogens with zero attached hydrogens (tertiary/aromatic N) is 1. The maximum absolute atomic E-state index is 11.2. The molecular weight excluding hydrogens is 346 g/mol. The van der Waals surface area contributed by atoms with Crippen LogP contribution >= 0.6 is 0 Å². The molecular formula is C24H27N3O. The van der Waals surface area contributed by atoms with Crippen LogP contribution in [-0.2, 0) is 17.8 Å². The van der Waals surface area contributed by atoms with Crippen LogP contribution in [0.4, 0.5) is 0 Å². The average Bonchev–Trinajstić information content (AvgIpc) is 2.65. The summed E-state index contributed by atoms with van der Waals surface area (Å²) in [5.74, 6) is -0.0221. The van der Waals surface area contributed by atoms with Gasteiger partial charge < -0.3 is 11.5 Å². The number of primary amides is 1. The van der Waals surface area contributed by atoms with Crippen molar-refractivity contribution in [2.45, 2.75) is 33.7 Å². The van der Waals surface area contributed by atoms with Gasteiger partial charge in [0.2, 0.25) is 5.91 Å². The second-order valence-corrected chi connectivity index (χ2v) is 7.56. The minimum Gasteiger partial charge on any atom is -0.366 e. The summed E-state index contributed by atoms with van der Waals surface area (Å²) >= 11 is 0. The molecule has 4 heteroatoms. The first-order valence-electron chi connectivity index (χ1n) is 9.59. The number of pyridine rings is 1. The Morgan fingerprint density at radius 3 is 2.46 bits per heavy atom. The summed E-state index contributed by atoms with van der Waals surface area (Å²) in [6, 6.07) is 14.5. The maximum atomic E-state index is 11.2. The van der Waals surface area contributed by atoms with Crippen molar-refractivity contribution in [1.29, 1.82) is 0 Å². The first-order valence-corrected chi connectivity index (χ1v) is 9.59. The molecule has 3 aromatic rings. The van der Waals surface area contributed by atoms with Crippen LogP contribution in [-0.4, -0.2) is 10.9 Å². The van der Waals surface area contributed by atoms with Crippen molar-refractivity contribution in [3.63, 3.8) is 0 Å². The molecule has 28 heavy (non-hydrogen) atoms. The summed E-state index contributed by atoms with van der Waals surface area (Å²) in [6.45, 7) is 6.86. The zero-order valence-electron chi connectivity index (χ0n) is 16.7. The molecule has 144 valence electrons. The van der Waals surface area contributed by atoms with Gasteiger partial charge in [-0.1, -0.05) is 61.9 Å². The third kappa shape index (κ3) is 4.12. The highest BCUT2D eigenvalue weighted by Gasteiger charge is 2.17. The average molecular weight is 374 g/mol. The number of aromatic nitrogens is 1. The molecule has 0 atom stereocenters. The van der Waals surface area contributed by atoms with Crippen LogP contribution in [0.5, 0.6) is 0 Å². The first-order chi connectivity index (χ1) is 13.4. The van der Waals surface area contributed by atoms with Crippen molar-refractivity contribution < 1.29 is 4.79 Å².